The van der Waals surface area contributed by atoms with Gasteiger partial charge in [0.1, 0.15) is 12.0 Å². The van der Waals surface area contributed by atoms with Crippen LogP contribution in [-0.4, -0.2) is 26.1 Å². The molecular formula is C12H14ClN5O2. The quantitative estimate of drug-likeness (QED) is 0.653. The summed E-state index contributed by atoms with van der Waals surface area (Å²) in [5, 5.41) is 21.0. The van der Waals surface area contributed by atoms with E-state index in [9.17, 15) is 10.1 Å². The standard InChI is InChI=1S/C12H14ClN5O2/c1-7(3-9-4-8(2)16-17-9)15-12-11(13)5-10(6-14-12)18(19)20/h4-7H,3H2,1-2H3,(H,14,15)(H,16,17). The minimum absolute atomic E-state index is 0.0455. The molecule has 0 bridgehead atoms. The lowest BCUT2D eigenvalue weighted by Crippen LogP contribution is -2.19. The average molecular weight is 296 g/mol. The molecule has 0 amide bonds. The molecule has 2 aromatic heterocycles. The summed E-state index contributed by atoms with van der Waals surface area (Å²) >= 11 is 5.97. The van der Waals surface area contributed by atoms with Crippen LogP contribution in [0.2, 0.25) is 5.02 Å². The second-order valence-corrected chi connectivity index (χ2v) is 4.98. The van der Waals surface area contributed by atoms with Crippen molar-refractivity contribution in [2.24, 2.45) is 0 Å². The van der Waals surface area contributed by atoms with Gasteiger partial charge in [-0.25, -0.2) is 4.98 Å². The van der Waals surface area contributed by atoms with Crippen LogP contribution >= 0.6 is 11.6 Å². The zero-order chi connectivity index (χ0) is 14.7. The summed E-state index contributed by atoms with van der Waals surface area (Å²) in [6.45, 7) is 3.90. The second-order valence-electron chi connectivity index (χ2n) is 4.57. The Morgan fingerprint density at radius 3 is 2.85 bits per heavy atom. The third-order valence-corrected chi connectivity index (χ3v) is 2.98. The molecule has 0 aliphatic heterocycles. The summed E-state index contributed by atoms with van der Waals surface area (Å²) in [6, 6.07) is 3.29. The van der Waals surface area contributed by atoms with Crippen molar-refractivity contribution in [3.05, 3.63) is 44.9 Å². The molecule has 2 heterocycles. The first kappa shape index (κ1) is 14.3. The third kappa shape index (κ3) is 3.45. The highest BCUT2D eigenvalue weighted by molar-refractivity contribution is 6.33. The zero-order valence-corrected chi connectivity index (χ0v) is 11.8. The number of H-pyrrole nitrogens is 1. The van der Waals surface area contributed by atoms with Crippen LogP contribution in [0.3, 0.4) is 0 Å². The van der Waals surface area contributed by atoms with Gasteiger partial charge in [0.05, 0.1) is 15.6 Å². The number of halogens is 1. The number of aromatic amines is 1. The molecule has 2 rings (SSSR count). The van der Waals surface area contributed by atoms with Gasteiger partial charge in [0.25, 0.3) is 5.69 Å². The van der Waals surface area contributed by atoms with Crippen LogP contribution in [0.5, 0.6) is 0 Å². The molecule has 20 heavy (non-hydrogen) atoms. The number of aryl methyl sites for hydroxylation is 1. The first-order chi connectivity index (χ1) is 9.45. The van der Waals surface area contributed by atoms with Crippen molar-refractivity contribution in [3.8, 4) is 0 Å². The summed E-state index contributed by atoms with van der Waals surface area (Å²) < 4.78 is 0. The molecule has 1 atom stereocenters. The molecule has 0 spiro atoms. The van der Waals surface area contributed by atoms with E-state index in [0.717, 1.165) is 11.4 Å². The molecule has 106 valence electrons. The van der Waals surface area contributed by atoms with Gasteiger partial charge in [-0.2, -0.15) is 5.10 Å². The number of nitrogens with one attached hydrogen (secondary N) is 2. The van der Waals surface area contributed by atoms with E-state index in [1.807, 2.05) is 19.9 Å². The number of nitro groups is 1. The zero-order valence-electron chi connectivity index (χ0n) is 11.1. The van der Waals surface area contributed by atoms with Crippen molar-refractivity contribution < 1.29 is 4.92 Å². The van der Waals surface area contributed by atoms with Crippen molar-refractivity contribution in [1.29, 1.82) is 0 Å². The van der Waals surface area contributed by atoms with Crippen LogP contribution in [0.15, 0.2) is 18.3 Å². The van der Waals surface area contributed by atoms with Crippen molar-refractivity contribution in [3.63, 3.8) is 0 Å². The Bertz CT molecular complexity index is 628. The van der Waals surface area contributed by atoms with E-state index in [0.29, 0.717) is 12.2 Å². The smallest absolute Gasteiger partial charge is 0.289 e. The maximum absolute atomic E-state index is 10.6. The van der Waals surface area contributed by atoms with E-state index in [-0.39, 0.29) is 16.8 Å². The highest BCUT2D eigenvalue weighted by Gasteiger charge is 2.13. The maximum Gasteiger partial charge on any atom is 0.289 e. The van der Waals surface area contributed by atoms with Gasteiger partial charge in [0.15, 0.2) is 0 Å². The Kier molecular flexibility index (Phi) is 4.19. The normalized spacial score (nSPS) is 12.2. The van der Waals surface area contributed by atoms with E-state index in [1.165, 1.54) is 12.3 Å². The van der Waals surface area contributed by atoms with E-state index in [2.05, 4.69) is 20.5 Å². The molecule has 0 saturated heterocycles. The Hall–Kier alpha value is -2.15. The SMILES string of the molecule is Cc1cc(CC(C)Nc2ncc([N+](=O)[O-])cc2Cl)n[nH]1. The Labute approximate surface area is 120 Å². The molecule has 0 aliphatic carbocycles. The fourth-order valence-electron chi connectivity index (χ4n) is 1.81. The molecule has 2 N–H and O–H groups in total. The predicted octanol–water partition coefficient (Wildman–Crippen LogP) is 2.72. The maximum atomic E-state index is 10.6. The number of hydrogen-bond donors (Lipinski definition) is 2. The Balaban J connectivity index is 2.04. The van der Waals surface area contributed by atoms with Gasteiger partial charge in [-0.05, 0) is 19.9 Å². The summed E-state index contributed by atoms with van der Waals surface area (Å²) in [4.78, 5) is 14.0. The highest BCUT2D eigenvalue weighted by Crippen LogP contribution is 2.24. The molecule has 0 saturated carbocycles. The van der Waals surface area contributed by atoms with Gasteiger partial charge < -0.3 is 5.32 Å². The first-order valence-electron chi connectivity index (χ1n) is 6.03. The van der Waals surface area contributed by atoms with E-state index in [1.54, 1.807) is 0 Å². The topological polar surface area (TPSA) is 96.7 Å². The van der Waals surface area contributed by atoms with Gasteiger partial charge in [-0.1, -0.05) is 11.6 Å². The van der Waals surface area contributed by atoms with Crippen molar-refractivity contribution in [2.45, 2.75) is 26.3 Å². The van der Waals surface area contributed by atoms with Crippen LogP contribution in [0.1, 0.15) is 18.3 Å². The van der Waals surface area contributed by atoms with Gasteiger partial charge in [-0.3, -0.25) is 15.2 Å². The van der Waals surface area contributed by atoms with E-state index in [4.69, 9.17) is 11.6 Å². The number of nitrogens with zero attached hydrogens (tertiary/aromatic N) is 3. The number of hydrogen-bond acceptors (Lipinski definition) is 5. The monoisotopic (exact) mass is 295 g/mol. The minimum atomic E-state index is -0.529. The fraction of sp³-hybridized carbons (Fsp3) is 0.333. The molecule has 2 aromatic rings. The van der Waals surface area contributed by atoms with Crippen molar-refractivity contribution >= 4 is 23.1 Å². The lowest BCUT2D eigenvalue weighted by molar-refractivity contribution is -0.385. The molecule has 7 nitrogen and oxygen atoms in total. The van der Waals surface area contributed by atoms with Crippen LogP contribution < -0.4 is 5.32 Å². The van der Waals surface area contributed by atoms with Crippen LogP contribution in [-0.2, 0) is 6.42 Å². The molecule has 0 fully saturated rings. The minimum Gasteiger partial charge on any atom is -0.366 e. The number of rotatable bonds is 5. The Morgan fingerprint density at radius 2 is 2.30 bits per heavy atom. The van der Waals surface area contributed by atoms with E-state index < -0.39 is 4.92 Å². The summed E-state index contributed by atoms with van der Waals surface area (Å²) in [6.07, 6.45) is 1.87. The number of anilines is 1. The predicted molar refractivity (Wildman–Crippen MR) is 76.0 cm³/mol. The molecule has 0 radical (unpaired) electrons. The number of pyridine rings is 1. The van der Waals surface area contributed by atoms with Gasteiger partial charge in [0.2, 0.25) is 0 Å². The lowest BCUT2D eigenvalue weighted by Gasteiger charge is -2.13. The van der Waals surface area contributed by atoms with Crippen LogP contribution in [0, 0.1) is 17.0 Å². The van der Waals surface area contributed by atoms with E-state index >= 15 is 0 Å². The molecule has 0 aromatic carbocycles. The third-order valence-electron chi connectivity index (χ3n) is 2.69. The Morgan fingerprint density at radius 1 is 1.55 bits per heavy atom. The first-order valence-corrected chi connectivity index (χ1v) is 6.41. The fourth-order valence-corrected chi connectivity index (χ4v) is 2.03. The number of aromatic nitrogens is 3. The van der Waals surface area contributed by atoms with Gasteiger partial charge in [-0.15, -0.1) is 0 Å². The second kappa shape index (κ2) is 5.87. The molecule has 8 heteroatoms. The van der Waals surface area contributed by atoms with Crippen molar-refractivity contribution in [1.82, 2.24) is 15.2 Å². The summed E-state index contributed by atoms with van der Waals surface area (Å²) in [5.41, 5.74) is 1.80. The summed E-state index contributed by atoms with van der Waals surface area (Å²) in [5.74, 6) is 0.428. The lowest BCUT2D eigenvalue weighted by atomic mass is 10.2. The largest absolute Gasteiger partial charge is 0.366 e. The molecule has 1 unspecified atom stereocenters. The van der Waals surface area contributed by atoms with Crippen LogP contribution in [0.4, 0.5) is 11.5 Å². The highest BCUT2D eigenvalue weighted by atomic mass is 35.5. The van der Waals surface area contributed by atoms with Crippen molar-refractivity contribution in [2.75, 3.05) is 5.32 Å². The van der Waals surface area contributed by atoms with Crippen LogP contribution in [0.25, 0.3) is 0 Å². The summed E-state index contributed by atoms with van der Waals surface area (Å²) in [7, 11) is 0. The molecular weight excluding hydrogens is 282 g/mol. The molecule has 0 aliphatic rings. The van der Waals surface area contributed by atoms with Gasteiger partial charge in [0, 0.05) is 24.2 Å². The average Bonchev–Trinajstić information content (AvgIpc) is 2.77. The van der Waals surface area contributed by atoms with Gasteiger partial charge >= 0.3 is 0 Å².